The first-order valence-corrected chi connectivity index (χ1v) is 0.766. The summed E-state index contributed by atoms with van der Waals surface area (Å²) in [5.41, 5.74) is 0. The summed E-state index contributed by atoms with van der Waals surface area (Å²) in [6.07, 6.45) is 0. The van der Waals surface area contributed by atoms with Crippen molar-refractivity contribution in [1.29, 1.82) is 0 Å². The molecule has 1 N–H and O–H groups in total. The molecule has 0 rings (SSSR count). The summed E-state index contributed by atoms with van der Waals surface area (Å²) < 4.78 is 10.4. The van der Waals surface area contributed by atoms with E-state index >= 15 is 0 Å². The third-order valence-electron chi connectivity index (χ3n) is 0. The van der Waals surface area contributed by atoms with Crippen LogP contribution in [0.25, 0.3) is 0 Å². The largest absolute Gasteiger partial charge is 0.487 e. The highest BCUT2D eigenvalue weighted by Gasteiger charge is 1.61. The molecule has 0 aliphatic rings. The summed E-state index contributed by atoms with van der Waals surface area (Å²) in [5.74, 6) is 0. The molecule has 0 heterocycles. The Morgan fingerprint density at radius 3 is 2.00 bits per heavy atom. The van der Waals surface area contributed by atoms with Crippen molar-refractivity contribution in [2.24, 2.45) is 0 Å². The average molecular weight is 62.0 g/mol. The molecule has 0 bridgehead atoms. The summed E-state index contributed by atoms with van der Waals surface area (Å²) >= 11 is 0. The van der Waals surface area contributed by atoms with Crippen molar-refractivity contribution >= 4 is 0 Å². The van der Waals surface area contributed by atoms with E-state index in [2.05, 4.69) is 6.58 Å². The molecule has 0 aromatic heterocycles. The van der Waals surface area contributed by atoms with Crippen LogP contribution >= 0.6 is 0 Å². The molecule has 24 valence electrons. The van der Waals surface area contributed by atoms with Gasteiger partial charge in [-0.15, -0.1) is 0 Å². The SMILES string of the molecule is C=C(O)F. The van der Waals surface area contributed by atoms with Gasteiger partial charge in [-0.3, -0.25) is 0 Å². The van der Waals surface area contributed by atoms with Gasteiger partial charge in [0.1, 0.15) is 0 Å². The van der Waals surface area contributed by atoms with Gasteiger partial charge in [0.05, 0.1) is 0 Å². The molecule has 0 fully saturated rings. The summed E-state index contributed by atoms with van der Waals surface area (Å²) in [4.78, 5) is 0. The highest BCUT2D eigenvalue weighted by atomic mass is 19.1. The zero-order valence-electron chi connectivity index (χ0n) is 2.03. The van der Waals surface area contributed by atoms with Crippen LogP contribution in [0.5, 0.6) is 0 Å². The van der Waals surface area contributed by atoms with Crippen LogP contribution in [0, 0.1) is 0 Å². The zero-order chi connectivity index (χ0) is 3.58. The molecule has 0 atom stereocenters. The van der Waals surface area contributed by atoms with E-state index in [9.17, 15) is 4.39 Å². The molecule has 0 radical (unpaired) electrons. The van der Waals surface area contributed by atoms with Gasteiger partial charge in [0.25, 0.3) is 6.01 Å². The second-order valence-electron chi connectivity index (χ2n) is 0.376. The maximum absolute atomic E-state index is 10.4. The van der Waals surface area contributed by atoms with Crippen molar-refractivity contribution < 1.29 is 9.50 Å². The van der Waals surface area contributed by atoms with Crippen LogP contribution in [0.1, 0.15) is 0 Å². The first-order chi connectivity index (χ1) is 1.73. The number of aliphatic hydroxyl groups excluding tert-OH is 1. The highest BCUT2D eigenvalue weighted by Crippen LogP contribution is 1.73. The molecule has 0 saturated carbocycles. The molecule has 0 aliphatic carbocycles. The van der Waals surface area contributed by atoms with Crippen LogP contribution in [0.3, 0.4) is 0 Å². The van der Waals surface area contributed by atoms with Crippen LogP contribution in [-0.2, 0) is 0 Å². The minimum Gasteiger partial charge on any atom is -0.487 e. The van der Waals surface area contributed by atoms with Gasteiger partial charge in [-0.2, -0.15) is 4.39 Å². The van der Waals surface area contributed by atoms with Crippen LogP contribution < -0.4 is 0 Å². The molecule has 2 heteroatoms. The Bertz CT molecular complexity index is 29.0. The molecule has 0 aliphatic heterocycles. The fourth-order valence-corrected chi connectivity index (χ4v) is 0. The van der Waals surface area contributed by atoms with E-state index in [-0.39, 0.29) is 0 Å². The maximum Gasteiger partial charge on any atom is 0.262 e. The van der Waals surface area contributed by atoms with Crippen molar-refractivity contribution in [1.82, 2.24) is 0 Å². The quantitative estimate of drug-likeness (QED) is 0.415. The average Bonchev–Trinajstić information content (AvgIpc) is 0.811. The standard InChI is InChI=1S/C2H3FO/c1-2(3)4/h4H,1H2. The molecule has 0 aromatic carbocycles. The number of rotatable bonds is 0. The Balaban J connectivity index is 2.80. The van der Waals surface area contributed by atoms with E-state index in [1.165, 1.54) is 0 Å². The molecule has 1 nitrogen and oxygen atoms in total. The first kappa shape index (κ1) is 3.47. The number of hydrogen-bond acceptors (Lipinski definition) is 1. The Hall–Kier alpha value is -0.530. The highest BCUT2D eigenvalue weighted by molar-refractivity contribution is 4.55. The molecule has 0 amide bonds. The summed E-state index contributed by atoms with van der Waals surface area (Å²) in [6, 6.07) is -1.33. The molecule has 0 unspecified atom stereocenters. The topological polar surface area (TPSA) is 20.2 Å². The molecule has 4 heavy (non-hydrogen) atoms. The molecule has 0 spiro atoms. The van der Waals surface area contributed by atoms with E-state index in [0.29, 0.717) is 0 Å². The lowest BCUT2D eigenvalue weighted by molar-refractivity contribution is 0.286. The Labute approximate surface area is 23.4 Å². The second-order valence-corrected chi connectivity index (χ2v) is 0.376. The lowest BCUT2D eigenvalue weighted by atomic mass is 11.1. The van der Waals surface area contributed by atoms with Crippen LogP contribution in [0.2, 0.25) is 0 Å². The van der Waals surface area contributed by atoms with Gasteiger partial charge < -0.3 is 5.11 Å². The predicted octanol–water partition coefficient (Wildman–Crippen LogP) is 0.985. The maximum atomic E-state index is 10.4. The number of halogens is 1. The number of aliphatic hydroxyl groups is 1. The monoisotopic (exact) mass is 62.0 g/mol. The summed E-state index contributed by atoms with van der Waals surface area (Å²) in [7, 11) is 0. The van der Waals surface area contributed by atoms with E-state index in [0.717, 1.165) is 0 Å². The van der Waals surface area contributed by atoms with Crippen molar-refractivity contribution in [2.75, 3.05) is 0 Å². The lowest BCUT2D eigenvalue weighted by Crippen LogP contribution is -1.50. The van der Waals surface area contributed by atoms with E-state index in [1.807, 2.05) is 0 Å². The predicted molar refractivity (Wildman–Crippen MR) is 12.9 cm³/mol. The van der Waals surface area contributed by atoms with Crippen LogP contribution in [-0.4, -0.2) is 5.11 Å². The molecular weight excluding hydrogens is 59.0 g/mol. The minimum atomic E-state index is -1.33. The van der Waals surface area contributed by atoms with Gasteiger partial charge in [0, 0.05) is 0 Å². The van der Waals surface area contributed by atoms with Gasteiger partial charge in [-0.1, -0.05) is 0 Å². The molecule has 0 saturated heterocycles. The second kappa shape index (κ2) is 0.875. The Morgan fingerprint density at radius 1 is 2.00 bits per heavy atom. The summed E-state index contributed by atoms with van der Waals surface area (Å²) in [6.45, 7) is 2.44. The first-order valence-electron chi connectivity index (χ1n) is 0.766. The van der Waals surface area contributed by atoms with Crippen molar-refractivity contribution in [3.63, 3.8) is 0 Å². The van der Waals surface area contributed by atoms with Gasteiger partial charge in [0.15, 0.2) is 0 Å². The minimum absolute atomic E-state index is 1.33. The lowest BCUT2D eigenvalue weighted by Gasteiger charge is -1.62. The van der Waals surface area contributed by atoms with Gasteiger partial charge in [-0.05, 0) is 6.58 Å². The third kappa shape index (κ3) is 1.16. The fourth-order valence-electron chi connectivity index (χ4n) is 0. The van der Waals surface area contributed by atoms with Gasteiger partial charge >= 0.3 is 0 Å². The van der Waals surface area contributed by atoms with Crippen molar-refractivity contribution in [2.45, 2.75) is 0 Å². The van der Waals surface area contributed by atoms with Crippen LogP contribution in [0.4, 0.5) is 4.39 Å². The van der Waals surface area contributed by atoms with E-state index in [4.69, 9.17) is 5.11 Å². The van der Waals surface area contributed by atoms with Crippen molar-refractivity contribution in [3.05, 3.63) is 12.6 Å². The fraction of sp³-hybridized carbons (Fsp3) is 0. The molecule has 0 aromatic rings. The normalized spacial score (nSPS) is 6.25. The van der Waals surface area contributed by atoms with Crippen LogP contribution in [0.15, 0.2) is 12.6 Å². The Morgan fingerprint density at radius 2 is 2.00 bits per heavy atom. The van der Waals surface area contributed by atoms with Gasteiger partial charge in [-0.25, -0.2) is 0 Å². The van der Waals surface area contributed by atoms with E-state index in [1.54, 1.807) is 0 Å². The smallest absolute Gasteiger partial charge is 0.262 e. The molecular formula is C2H3FO. The van der Waals surface area contributed by atoms with Gasteiger partial charge in [0.2, 0.25) is 0 Å². The van der Waals surface area contributed by atoms with E-state index < -0.39 is 6.01 Å². The Kier molecular flexibility index (Phi) is 0.759. The van der Waals surface area contributed by atoms with Crippen molar-refractivity contribution in [3.8, 4) is 0 Å². The summed E-state index contributed by atoms with van der Waals surface area (Å²) in [5, 5.41) is 7.19. The zero-order valence-corrected chi connectivity index (χ0v) is 2.03. The third-order valence-corrected chi connectivity index (χ3v) is 0. The number of hydrogen-bond donors (Lipinski definition) is 1.